The van der Waals surface area contributed by atoms with Crippen molar-refractivity contribution in [1.29, 1.82) is 0 Å². The monoisotopic (exact) mass is 407 g/mol. The van der Waals surface area contributed by atoms with Crippen LogP contribution in [0.5, 0.6) is 0 Å². The third-order valence-electron chi connectivity index (χ3n) is 3.95. The second-order valence-electron chi connectivity index (χ2n) is 5.95. The maximum Gasteiger partial charge on any atom is 0.337 e. The summed E-state index contributed by atoms with van der Waals surface area (Å²) in [7, 11) is 1.31. The van der Waals surface area contributed by atoms with E-state index in [1.54, 1.807) is 48.5 Å². The second-order valence-corrected chi connectivity index (χ2v) is 6.36. The fraction of sp³-hybridized carbons (Fsp3) is 0.0435. The molecule has 0 bridgehead atoms. The highest BCUT2D eigenvalue weighted by Crippen LogP contribution is 2.21. The molecule has 1 N–H and O–H groups in total. The molecular weight excluding hydrogens is 393 g/mol. The second kappa shape index (κ2) is 9.05. The lowest BCUT2D eigenvalue weighted by Gasteiger charge is -2.08. The van der Waals surface area contributed by atoms with E-state index in [4.69, 9.17) is 16.3 Å². The third kappa shape index (κ3) is 5.01. The lowest BCUT2D eigenvalue weighted by molar-refractivity contribution is 0.0600. The van der Waals surface area contributed by atoms with Gasteiger partial charge in [0.05, 0.1) is 23.3 Å². The summed E-state index contributed by atoms with van der Waals surface area (Å²) in [6.45, 7) is 0. The largest absolute Gasteiger partial charge is 0.465 e. The van der Waals surface area contributed by atoms with Gasteiger partial charge in [0.1, 0.15) is 5.82 Å². The van der Waals surface area contributed by atoms with E-state index in [9.17, 15) is 14.0 Å². The highest BCUT2D eigenvalue weighted by atomic mass is 35.5. The number of anilines is 1. The molecule has 0 aliphatic carbocycles. The molecule has 0 saturated heterocycles. The van der Waals surface area contributed by atoms with E-state index in [1.165, 1.54) is 25.3 Å². The van der Waals surface area contributed by atoms with Crippen LogP contribution in [0.3, 0.4) is 0 Å². The van der Waals surface area contributed by atoms with E-state index in [1.807, 2.05) is 0 Å². The molecule has 29 heavy (non-hydrogen) atoms. The van der Waals surface area contributed by atoms with Crippen LogP contribution in [0, 0.1) is 17.7 Å². The third-order valence-corrected chi connectivity index (χ3v) is 4.26. The standard InChI is InChI=1S/C23H15ClFNO3/c1-29-23(28)17-7-2-5-15(13-17)11-12-16-6-3-8-18(14-16)26-22(27)21-19(24)9-4-10-20(21)25/h2-10,13-14H,1H3,(H,26,27). The molecule has 0 spiro atoms. The summed E-state index contributed by atoms with van der Waals surface area (Å²) in [5.74, 6) is 4.14. The molecule has 6 heteroatoms. The Hall–Kier alpha value is -3.62. The molecule has 4 nitrogen and oxygen atoms in total. The van der Waals surface area contributed by atoms with Crippen LogP contribution in [-0.4, -0.2) is 19.0 Å². The number of ether oxygens (including phenoxy) is 1. The first kappa shape index (κ1) is 20.1. The van der Waals surface area contributed by atoms with Gasteiger partial charge in [-0.1, -0.05) is 41.6 Å². The summed E-state index contributed by atoms with van der Waals surface area (Å²) >= 11 is 5.93. The van der Waals surface area contributed by atoms with Gasteiger partial charge in [-0.25, -0.2) is 9.18 Å². The molecule has 3 aromatic carbocycles. The van der Waals surface area contributed by atoms with E-state index in [0.717, 1.165) is 0 Å². The van der Waals surface area contributed by atoms with Gasteiger partial charge in [-0.2, -0.15) is 0 Å². The van der Waals surface area contributed by atoms with Gasteiger partial charge in [0.2, 0.25) is 0 Å². The molecule has 0 saturated carbocycles. The molecule has 0 aromatic heterocycles. The van der Waals surface area contributed by atoms with Crippen LogP contribution in [0.2, 0.25) is 5.02 Å². The van der Waals surface area contributed by atoms with Crippen molar-refractivity contribution in [2.24, 2.45) is 0 Å². The van der Waals surface area contributed by atoms with Crippen molar-refractivity contribution >= 4 is 29.2 Å². The van der Waals surface area contributed by atoms with Crippen LogP contribution in [0.25, 0.3) is 0 Å². The molecule has 0 atom stereocenters. The smallest absolute Gasteiger partial charge is 0.337 e. The number of esters is 1. The van der Waals surface area contributed by atoms with E-state index in [0.29, 0.717) is 22.4 Å². The van der Waals surface area contributed by atoms with Gasteiger partial charge < -0.3 is 10.1 Å². The van der Waals surface area contributed by atoms with Gasteiger partial charge in [-0.3, -0.25) is 4.79 Å². The van der Waals surface area contributed by atoms with Crippen LogP contribution in [0.4, 0.5) is 10.1 Å². The fourth-order valence-corrected chi connectivity index (χ4v) is 2.82. The van der Waals surface area contributed by atoms with Crippen LogP contribution < -0.4 is 5.32 Å². The first-order chi connectivity index (χ1) is 14.0. The van der Waals surface area contributed by atoms with Crippen LogP contribution in [0.15, 0.2) is 66.7 Å². The molecule has 0 unspecified atom stereocenters. The average molecular weight is 408 g/mol. The van der Waals surface area contributed by atoms with Gasteiger partial charge in [-0.05, 0) is 48.5 Å². The number of nitrogens with one attached hydrogen (secondary N) is 1. The van der Waals surface area contributed by atoms with Crippen molar-refractivity contribution in [3.63, 3.8) is 0 Å². The Balaban J connectivity index is 1.80. The molecule has 3 rings (SSSR count). The predicted octanol–water partition coefficient (Wildman–Crippen LogP) is 4.92. The predicted molar refractivity (Wildman–Crippen MR) is 110 cm³/mol. The zero-order valence-corrected chi connectivity index (χ0v) is 16.1. The van der Waals surface area contributed by atoms with Crippen molar-refractivity contribution in [2.75, 3.05) is 12.4 Å². The Bertz CT molecular complexity index is 1130. The molecule has 0 fully saturated rings. The SMILES string of the molecule is COC(=O)c1cccc(C#Cc2cccc(NC(=O)c3c(F)cccc3Cl)c2)c1. The maximum absolute atomic E-state index is 13.9. The molecule has 0 aliphatic heterocycles. The van der Waals surface area contributed by atoms with Gasteiger partial charge in [0.25, 0.3) is 5.91 Å². The molecule has 0 aliphatic rings. The minimum Gasteiger partial charge on any atom is -0.465 e. The Morgan fingerprint density at radius 2 is 1.62 bits per heavy atom. The topological polar surface area (TPSA) is 55.4 Å². The lowest BCUT2D eigenvalue weighted by atomic mass is 10.1. The number of benzene rings is 3. The molecule has 1 amide bonds. The number of carbonyl (C=O) groups is 2. The van der Waals surface area contributed by atoms with Crippen LogP contribution >= 0.6 is 11.6 Å². The van der Waals surface area contributed by atoms with Crippen molar-refractivity contribution in [3.8, 4) is 11.8 Å². The van der Waals surface area contributed by atoms with Gasteiger partial charge in [0, 0.05) is 16.8 Å². The van der Waals surface area contributed by atoms with Crippen LogP contribution in [-0.2, 0) is 4.74 Å². The summed E-state index contributed by atoms with van der Waals surface area (Å²) in [5.41, 5.74) is 1.91. The number of amides is 1. The Kier molecular flexibility index (Phi) is 6.28. The zero-order chi connectivity index (χ0) is 20.8. The van der Waals surface area contributed by atoms with Crippen molar-refractivity contribution < 1.29 is 18.7 Å². The number of methoxy groups -OCH3 is 1. The van der Waals surface area contributed by atoms with Gasteiger partial charge in [-0.15, -0.1) is 0 Å². The number of halogens is 2. The van der Waals surface area contributed by atoms with E-state index in [-0.39, 0.29) is 10.6 Å². The lowest BCUT2D eigenvalue weighted by Crippen LogP contribution is -2.14. The summed E-state index contributed by atoms with van der Waals surface area (Å²) in [4.78, 5) is 24.0. The van der Waals surface area contributed by atoms with Crippen molar-refractivity contribution in [2.45, 2.75) is 0 Å². The highest BCUT2D eigenvalue weighted by Gasteiger charge is 2.15. The number of rotatable bonds is 3. The molecule has 144 valence electrons. The number of hydrogen-bond acceptors (Lipinski definition) is 3. The van der Waals surface area contributed by atoms with Gasteiger partial charge >= 0.3 is 5.97 Å². The number of hydrogen-bond donors (Lipinski definition) is 1. The zero-order valence-electron chi connectivity index (χ0n) is 15.3. The normalized spacial score (nSPS) is 9.90. The minimum absolute atomic E-state index is 0.0314. The Morgan fingerprint density at radius 3 is 2.31 bits per heavy atom. The summed E-state index contributed by atoms with van der Waals surface area (Å²) in [5, 5.41) is 2.65. The van der Waals surface area contributed by atoms with Crippen molar-refractivity contribution in [1.82, 2.24) is 0 Å². The minimum atomic E-state index is -0.698. The van der Waals surface area contributed by atoms with Gasteiger partial charge in [0.15, 0.2) is 0 Å². The number of carbonyl (C=O) groups excluding carboxylic acids is 2. The highest BCUT2D eigenvalue weighted by molar-refractivity contribution is 6.34. The molecule has 0 radical (unpaired) electrons. The summed E-state index contributed by atoms with van der Waals surface area (Å²) in [6, 6.07) is 17.6. The Labute approximate surface area is 172 Å². The average Bonchev–Trinajstić information content (AvgIpc) is 2.72. The maximum atomic E-state index is 13.9. The molecular formula is C23H15ClFNO3. The van der Waals surface area contributed by atoms with E-state index >= 15 is 0 Å². The Morgan fingerprint density at radius 1 is 0.966 bits per heavy atom. The summed E-state index contributed by atoms with van der Waals surface area (Å²) < 4.78 is 18.6. The van der Waals surface area contributed by atoms with Crippen LogP contribution in [0.1, 0.15) is 31.8 Å². The first-order valence-corrected chi connectivity index (χ1v) is 8.91. The van der Waals surface area contributed by atoms with Crippen molar-refractivity contribution in [3.05, 3.63) is 99.8 Å². The van der Waals surface area contributed by atoms with E-state index < -0.39 is 17.7 Å². The molecule has 3 aromatic rings. The molecule has 0 heterocycles. The van der Waals surface area contributed by atoms with E-state index in [2.05, 4.69) is 17.2 Å². The fourth-order valence-electron chi connectivity index (χ4n) is 2.57. The first-order valence-electron chi connectivity index (χ1n) is 8.54. The summed E-state index contributed by atoms with van der Waals surface area (Å²) in [6.07, 6.45) is 0. The quantitative estimate of drug-likeness (QED) is 0.495.